The standard InChI is InChI=1S/C13H19Cl2N3O4S/c1-21-18-23(19,20)17-8-10-7-16-4-5-22-13(10)9-2-3-11(14)12(15)6-9/h2-3,6,10,13,16-18H,4-5,7-8H2,1H3/t10-,13-/m0/s1. The van der Waals surface area contributed by atoms with Crippen LogP contribution in [0.1, 0.15) is 11.7 Å². The Morgan fingerprint density at radius 3 is 2.87 bits per heavy atom. The van der Waals surface area contributed by atoms with Crippen LogP contribution in [0.4, 0.5) is 0 Å². The zero-order chi connectivity index (χ0) is 16.9. The van der Waals surface area contributed by atoms with Gasteiger partial charge >= 0.3 is 0 Å². The van der Waals surface area contributed by atoms with Crippen LogP contribution >= 0.6 is 23.2 Å². The first kappa shape index (κ1) is 18.9. The van der Waals surface area contributed by atoms with Gasteiger partial charge < -0.3 is 10.1 Å². The molecule has 1 aliphatic rings. The van der Waals surface area contributed by atoms with E-state index in [0.717, 1.165) is 5.56 Å². The highest BCUT2D eigenvalue weighted by molar-refractivity contribution is 7.87. The molecular weight excluding hydrogens is 365 g/mol. The minimum Gasteiger partial charge on any atom is -0.372 e. The lowest BCUT2D eigenvalue weighted by Gasteiger charge is -2.25. The summed E-state index contributed by atoms with van der Waals surface area (Å²) >= 11 is 12.0. The molecule has 10 heteroatoms. The monoisotopic (exact) mass is 383 g/mol. The van der Waals surface area contributed by atoms with Gasteiger partial charge in [-0.25, -0.2) is 4.72 Å². The molecule has 7 nitrogen and oxygen atoms in total. The molecule has 0 saturated carbocycles. The first-order valence-electron chi connectivity index (χ1n) is 6.99. The van der Waals surface area contributed by atoms with E-state index in [-0.39, 0.29) is 18.6 Å². The lowest BCUT2D eigenvalue weighted by atomic mass is 9.95. The summed E-state index contributed by atoms with van der Waals surface area (Å²) in [5.41, 5.74) is 0.854. The molecule has 23 heavy (non-hydrogen) atoms. The van der Waals surface area contributed by atoms with Crippen LogP contribution in [-0.4, -0.2) is 41.8 Å². The predicted octanol–water partition coefficient (Wildman–Crippen LogP) is 1.26. The van der Waals surface area contributed by atoms with E-state index in [9.17, 15) is 8.42 Å². The molecule has 3 N–H and O–H groups in total. The van der Waals surface area contributed by atoms with Gasteiger partial charge in [0.15, 0.2) is 0 Å². The van der Waals surface area contributed by atoms with Crippen molar-refractivity contribution in [2.45, 2.75) is 6.10 Å². The summed E-state index contributed by atoms with van der Waals surface area (Å²) in [6.45, 7) is 1.99. The SMILES string of the molecule is CONS(=O)(=O)NC[C@@H]1CNCCO[C@H]1c1ccc(Cl)c(Cl)c1. The molecule has 1 heterocycles. The van der Waals surface area contributed by atoms with Gasteiger partial charge in [-0.15, -0.1) is 0 Å². The van der Waals surface area contributed by atoms with Crippen LogP contribution in [-0.2, 0) is 19.8 Å². The minimum atomic E-state index is -3.72. The van der Waals surface area contributed by atoms with Crippen LogP contribution in [0.15, 0.2) is 18.2 Å². The molecule has 0 bridgehead atoms. The molecule has 0 aromatic heterocycles. The highest BCUT2D eigenvalue weighted by Gasteiger charge is 2.28. The van der Waals surface area contributed by atoms with E-state index < -0.39 is 10.2 Å². The number of hydrogen-bond donors (Lipinski definition) is 3. The Hall–Kier alpha value is -0.450. The Bertz CT molecular complexity index is 630. The highest BCUT2D eigenvalue weighted by Crippen LogP contribution is 2.31. The molecular formula is C13H19Cl2N3O4S. The van der Waals surface area contributed by atoms with Crippen LogP contribution in [0.3, 0.4) is 0 Å². The molecule has 2 atom stereocenters. The fourth-order valence-electron chi connectivity index (χ4n) is 2.38. The smallest absolute Gasteiger partial charge is 0.299 e. The van der Waals surface area contributed by atoms with Gasteiger partial charge in [0.2, 0.25) is 0 Å². The Morgan fingerprint density at radius 2 is 2.17 bits per heavy atom. The molecule has 0 aliphatic carbocycles. The summed E-state index contributed by atoms with van der Waals surface area (Å²) in [6, 6.07) is 5.28. The maximum absolute atomic E-state index is 11.7. The Balaban J connectivity index is 2.14. The zero-order valence-corrected chi connectivity index (χ0v) is 14.8. The minimum absolute atomic E-state index is 0.122. The van der Waals surface area contributed by atoms with E-state index in [1.807, 2.05) is 11.0 Å². The zero-order valence-electron chi connectivity index (χ0n) is 12.5. The van der Waals surface area contributed by atoms with E-state index in [0.29, 0.717) is 29.7 Å². The topological polar surface area (TPSA) is 88.7 Å². The first-order valence-corrected chi connectivity index (χ1v) is 9.23. The van der Waals surface area contributed by atoms with Crippen molar-refractivity contribution >= 4 is 33.4 Å². The summed E-state index contributed by atoms with van der Waals surface area (Å²) < 4.78 is 31.6. The molecule has 0 amide bonds. The number of halogens is 2. The number of rotatable bonds is 6. The van der Waals surface area contributed by atoms with Crippen molar-refractivity contribution in [1.82, 2.24) is 14.9 Å². The molecule has 1 aromatic rings. The summed E-state index contributed by atoms with van der Waals surface area (Å²) in [7, 11) is -2.49. The van der Waals surface area contributed by atoms with E-state index in [2.05, 4.69) is 14.9 Å². The third-order valence-corrected chi connectivity index (χ3v) is 5.08. The van der Waals surface area contributed by atoms with Crippen molar-refractivity contribution in [2.75, 3.05) is 33.4 Å². The molecule has 1 saturated heterocycles. The highest BCUT2D eigenvalue weighted by atomic mass is 35.5. The fourth-order valence-corrected chi connectivity index (χ4v) is 3.40. The number of ether oxygens (including phenoxy) is 1. The van der Waals surface area contributed by atoms with Crippen molar-refractivity contribution < 1.29 is 18.0 Å². The first-order chi connectivity index (χ1) is 10.9. The van der Waals surface area contributed by atoms with Gasteiger partial charge in [0.25, 0.3) is 10.2 Å². The molecule has 1 fully saturated rings. The predicted molar refractivity (Wildman–Crippen MR) is 88.6 cm³/mol. The van der Waals surface area contributed by atoms with Gasteiger partial charge in [-0.2, -0.15) is 8.42 Å². The van der Waals surface area contributed by atoms with E-state index in [1.54, 1.807) is 12.1 Å². The number of nitrogens with one attached hydrogen (secondary N) is 3. The maximum atomic E-state index is 11.7. The third-order valence-electron chi connectivity index (χ3n) is 3.41. The average Bonchev–Trinajstić information content (AvgIpc) is 2.73. The summed E-state index contributed by atoms with van der Waals surface area (Å²) in [6.07, 6.45) is -0.301. The lowest BCUT2D eigenvalue weighted by molar-refractivity contribution is 0.0320. The summed E-state index contributed by atoms with van der Waals surface area (Å²) in [5.74, 6) is -0.122. The van der Waals surface area contributed by atoms with E-state index >= 15 is 0 Å². The second kappa shape index (κ2) is 8.59. The van der Waals surface area contributed by atoms with Gasteiger partial charge in [0, 0.05) is 25.6 Å². The van der Waals surface area contributed by atoms with Crippen molar-refractivity contribution in [1.29, 1.82) is 0 Å². The molecule has 0 radical (unpaired) electrons. The molecule has 0 unspecified atom stereocenters. The van der Waals surface area contributed by atoms with Gasteiger partial charge in [-0.05, 0) is 17.7 Å². The van der Waals surface area contributed by atoms with Gasteiger partial charge in [-0.1, -0.05) is 34.2 Å². The Labute approximate surface area is 145 Å². The molecule has 130 valence electrons. The third kappa shape index (κ3) is 5.54. The largest absolute Gasteiger partial charge is 0.372 e. The Kier molecular flexibility index (Phi) is 7.05. The summed E-state index contributed by atoms with van der Waals surface area (Å²) in [4.78, 5) is 6.34. The second-order valence-electron chi connectivity index (χ2n) is 5.07. The van der Waals surface area contributed by atoms with Crippen molar-refractivity contribution in [2.24, 2.45) is 5.92 Å². The number of benzene rings is 1. The van der Waals surface area contributed by atoms with E-state index in [4.69, 9.17) is 27.9 Å². The van der Waals surface area contributed by atoms with Gasteiger partial charge in [-0.3, -0.25) is 4.84 Å². The summed E-state index contributed by atoms with van der Waals surface area (Å²) in [5, 5.41) is 4.12. The maximum Gasteiger partial charge on any atom is 0.299 e. The van der Waals surface area contributed by atoms with Crippen molar-refractivity contribution in [3.8, 4) is 0 Å². The van der Waals surface area contributed by atoms with Gasteiger partial charge in [0.1, 0.15) is 0 Å². The number of hydrogen-bond acceptors (Lipinski definition) is 5. The van der Waals surface area contributed by atoms with Crippen molar-refractivity contribution in [3.63, 3.8) is 0 Å². The average molecular weight is 384 g/mol. The molecule has 2 rings (SSSR count). The fraction of sp³-hybridized carbons (Fsp3) is 0.538. The van der Waals surface area contributed by atoms with Crippen LogP contribution in [0.5, 0.6) is 0 Å². The molecule has 1 aromatic carbocycles. The lowest BCUT2D eigenvalue weighted by Crippen LogP contribution is -2.41. The molecule has 0 spiro atoms. The van der Waals surface area contributed by atoms with Crippen LogP contribution in [0.2, 0.25) is 10.0 Å². The Morgan fingerprint density at radius 1 is 1.39 bits per heavy atom. The van der Waals surface area contributed by atoms with E-state index in [1.165, 1.54) is 7.11 Å². The van der Waals surface area contributed by atoms with Crippen LogP contribution in [0.25, 0.3) is 0 Å². The van der Waals surface area contributed by atoms with Crippen LogP contribution in [0, 0.1) is 5.92 Å². The molecule has 1 aliphatic heterocycles. The van der Waals surface area contributed by atoms with Crippen molar-refractivity contribution in [3.05, 3.63) is 33.8 Å². The van der Waals surface area contributed by atoms with Gasteiger partial charge in [0.05, 0.1) is 29.9 Å². The second-order valence-corrected chi connectivity index (χ2v) is 7.35. The quantitative estimate of drug-likeness (QED) is 0.643. The van der Waals surface area contributed by atoms with Crippen LogP contribution < -0.4 is 14.9 Å². The normalized spacial score (nSPS) is 22.7.